The highest BCUT2D eigenvalue weighted by molar-refractivity contribution is 6.11. The Bertz CT molecular complexity index is 3300. The largest absolute Gasteiger partial charge is 0.324 e. The fourth-order valence-corrected chi connectivity index (χ4v) is 8.40. The van der Waals surface area contributed by atoms with Gasteiger partial charge in [0.05, 0.1) is 0 Å². The smallest absolute Gasteiger partial charge is 0.164 e. The molecule has 10 rings (SSSR count). The zero-order valence-electron chi connectivity index (χ0n) is 36.8. The molecule has 0 unspecified atom stereocenters. The Morgan fingerprint density at radius 1 is 0.300 bits per heavy atom. The Morgan fingerprint density at radius 2 is 0.650 bits per heavy atom. The van der Waals surface area contributed by atoms with E-state index in [1.165, 1.54) is 22.3 Å². The Labute approximate surface area is 351 Å². The van der Waals surface area contributed by atoms with E-state index >= 15 is 0 Å². The number of fused-ring (bicyclic) bond motifs is 21. The van der Waals surface area contributed by atoms with Crippen molar-refractivity contribution in [3.63, 3.8) is 0 Å². The van der Waals surface area contributed by atoms with Gasteiger partial charge >= 0.3 is 0 Å². The second-order valence-electron chi connectivity index (χ2n) is 20.9. The molecule has 5 heterocycles. The zero-order valence-corrected chi connectivity index (χ0v) is 36.8. The number of hydrogen-bond donors (Lipinski definition) is 2. The molecule has 8 nitrogen and oxygen atoms in total. The molecule has 0 atom stereocenters. The van der Waals surface area contributed by atoms with Crippen LogP contribution in [0.5, 0.6) is 0 Å². The molecule has 3 aromatic heterocycles. The summed E-state index contributed by atoms with van der Waals surface area (Å²) in [5, 5.41) is 6.13. The molecule has 0 amide bonds. The van der Waals surface area contributed by atoms with Gasteiger partial charge in [-0.25, -0.2) is 29.9 Å². The van der Waals surface area contributed by atoms with Crippen LogP contribution in [0.25, 0.3) is 100 Å². The third-order valence-electron chi connectivity index (χ3n) is 12.3. The van der Waals surface area contributed by atoms with Crippen LogP contribution in [-0.2, 0) is 21.7 Å². The number of aromatic amines is 2. The van der Waals surface area contributed by atoms with Crippen LogP contribution in [0.4, 0.5) is 0 Å². The summed E-state index contributed by atoms with van der Waals surface area (Å²) in [5.74, 6) is 2.40. The Morgan fingerprint density at radius 3 is 1.12 bits per heavy atom. The highest BCUT2D eigenvalue weighted by Crippen LogP contribution is 2.41. The molecule has 5 aromatic carbocycles. The van der Waals surface area contributed by atoms with Crippen LogP contribution in [0, 0.1) is 0 Å². The summed E-state index contributed by atoms with van der Waals surface area (Å²) in [6.07, 6.45) is 0. The maximum Gasteiger partial charge on any atom is 0.164 e. The van der Waals surface area contributed by atoms with Crippen molar-refractivity contribution in [2.24, 2.45) is 0 Å². The maximum absolute atomic E-state index is 5.38. The van der Waals surface area contributed by atoms with Crippen molar-refractivity contribution in [1.29, 1.82) is 0 Å². The van der Waals surface area contributed by atoms with Crippen LogP contribution < -0.4 is 0 Å². The predicted octanol–water partition coefficient (Wildman–Crippen LogP) is 13.2. The van der Waals surface area contributed by atoms with Crippen molar-refractivity contribution in [2.45, 2.75) is 105 Å². The summed E-state index contributed by atoms with van der Waals surface area (Å²) in [4.78, 5) is 39.2. The first-order valence-corrected chi connectivity index (χ1v) is 21.0. The van der Waals surface area contributed by atoms with E-state index in [1.54, 1.807) is 0 Å². The van der Waals surface area contributed by atoms with Crippen LogP contribution in [0.3, 0.4) is 0 Å². The fraction of sp³-hybridized carbons (Fsp3) is 0.308. The molecule has 2 aliphatic heterocycles. The highest BCUT2D eigenvalue weighted by Gasteiger charge is 2.27. The lowest BCUT2D eigenvalue weighted by molar-refractivity contribution is 0.590. The van der Waals surface area contributed by atoms with Crippen LogP contribution >= 0.6 is 0 Å². The van der Waals surface area contributed by atoms with Gasteiger partial charge in [0.25, 0.3) is 0 Å². The van der Waals surface area contributed by atoms with Crippen LogP contribution in [0.1, 0.15) is 105 Å². The number of rotatable bonds is 0. The molecule has 8 bridgehead atoms. The van der Waals surface area contributed by atoms with Gasteiger partial charge in [0, 0.05) is 43.8 Å². The Kier molecular flexibility index (Phi) is 7.98. The van der Waals surface area contributed by atoms with Crippen LogP contribution in [0.15, 0.2) is 84.9 Å². The lowest BCUT2D eigenvalue weighted by Crippen LogP contribution is -2.10. The first-order chi connectivity index (χ1) is 28.2. The first kappa shape index (κ1) is 38.0. The number of aromatic nitrogens is 8. The van der Waals surface area contributed by atoms with Crippen molar-refractivity contribution in [2.75, 3.05) is 0 Å². The van der Waals surface area contributed by atoms with Crippen molar-refractivity contribution in [1.82, 2.24) is 39.9 Å². The first-order valence-electron chi connectivity index (χ1n) is 21.0. The summed E-state index contributed by atoms with van der Waals surface area (Å²) >= 11 is 0. The molecule has 0 saturated heterocycles. The molecule has 0 aliphatic carbocycles. The van der Waals surface area contributed by atoms with Gasteiger partial charge in [-0.05, 0) is 85.0 Å². The maximum atomic E-state index is 5.38. The summed E-state index contributed by atoms with van der Waals surface area (Å²) in [7, 11) is 0. The summed E-state index contributed by atoms with van der Waals surface area (Å²) < 4.78 is 0. The van der Waals surface area contributed by atoms with E-state index in [1.807, 2.05) is 0 Å². The molecule has 0 fully saturated rings. The van der Waals surface area contributed by atoms with Crippen molar-refractivity contribution >= 4 is 54.9 Å². The number of hydrogen-bond acceptors (Lipinski definition) is 6. The molecule has 0 spiro atoms. The Hall–Kier alpha value is -6.28. The normalized spacial score (nSPS) is 13.3. The topological polar surface area (TPSA) is 109 Å². The van der Waals surface area contributed by atoms with Gasteiger partial charge in [0.15, 0.2) is 23.3 Å². The lowest BCUT2D eigenvalue weighted by Gasteiger charge is -2.19. The van der Waals surface area contributed by atoms with Crippen LogP contribution in [0.2, 0.25) is 0 Å². The minimum atomic E-state index is -0.0806. The molecule has 0 radical (unpaired) electrons. The third kappa shape index (κ3) is 6.27. The van der Waals surface area contributed by atoms with E-state index in [4.69, 9.17) is 29.9 Å². The van der Waals surface area contributed by atoms with E-state index in [0.717, 1.165) is 54.6 Å². The summed E-state index contributed by atoms with van der Waals surface area (Å²) in [6.45, 7) is 26.8. The lowest BCUT2D eigenvalue weighted by atomic mass is 9.85. The quantitative estimate of drug-likeness (QED) is 0.158. The number of nitrogens with one attached hydrogen (secondary N) is 2. The third-order valence-corrected chi connectivity index (χ3v) is 12.3. The Balaban J connectivity index is 1.38. The second-order valence-corrected chi connectivity index (χ2v) is 20.9. The van der Waals surface area contributed by atoms with E-state index in [-0.39, 0.29) is 21.7 Å². The summed E-state index contributed by atoms with van der Waals surface area (Å²) in [6, 6.07) is 30.9. The SMILES string of the molecule is CC(C)(C)c1ccc2c(c1)-c1nc-2nc2[nH]c(nc3nc(nc4[nH]c(n1)c1cc(C(C)(C)C)ccc41)-c1ccc(C(C)(C)C)cc1-3)c1cc3ccc(C(C)(C)C)cc3cc21. The fourth-order valence-electron chi connectivity index (χ4n) is 8.40. The van der Waals surface area contributed by atoms with Gasteiger partial charge < -0.3 is 9.97 Å². The average molecular weight is 789 g/mol. The monoisotopic (exact) mass is 788 g/mol. The molecule has 2 N–H and O–H groups in total. The van der Waals surface area contributed by atoms with E-state index in [9.17, 15) is 0 Å². The molecule has 2 aliphatic rings. The second kappa shape index (κ2) is 12.6. The minimum absolute atomic E-state index is 0.00122. The molecular weight excluding hydrogens is 737 g/mol. The molecule has 60 heavy (non-hydrogen) atoms. The predicted molar refractivity (Wildman–Crippen MR) is 248 cm³/mol. The standard InChI is InChI=1S/C52H52N8/c1-49(2,3)29-14-13-27-22-36-37(23-28(27)21-29)45-54-43-35-20-17-32(52(10,11)12)26-40(35)48(57-43)60-47-39-25-31(51(7,8)9)16-19-34(39)42(56-47)53-41-33-18-15-30(50(4,5)6)24-38(33)46(55-41)59-44(36)58-45/h13-26H,1-12H3,(H2,53,54,55,56,57,58,59,60). The van der Waals surface area contributed by atoms with E-state index < -0.39 is 0 Å². The van der Waals surface area contributed by atoms with Gasteiger partial charge in [-0.3, -0.25) is 0 Å². The molecule has 8 heteroatoms. The van der Waals surface area contributed by atoms with E-state index in [0.29, 0.717) is 45.9 Å². The minimum Gasteiger partial charge on any atom is -0.324 e. The number of benzene rings is 5. The van der Waals surface area contributed by atoms with Gasteiger partial charge in [-0.1, -0.05) is 138 Å². The molecule has 0 saturated carbocycles. The number of nitrogens with zero attached hydrogens (tertiary/aromatic N) is 6. The average Bonchev–Trinajstić information content (AvgIpc) is 3.90. The molecular formula is C52H52N8. The molecule has 8 aromatic rings. The highest BCUT2D eigenvalue weighted by atomic mass is 15.1. The van der Waals surface area contributed by atoms with Gasteiger partial charge in [-0.2, -0.15) is 0 Å². The van der Waals surface area contributed by atoms with E-state index in [2.05, 4.69) is 178 Å². The van der Waals surface area contributed by atoms with Gasteiger partial charge in [0.1, 0.15) is 22.6 Å². The van der Waals surface area contributed by atoms with Gasteiger partial charge in [-0.15, -0.1) is 0 Å². The van der Waals surface area contributed by atoms with Crippen LogP contribution in [-0.4, -0.2) is 39.9 Å². The van der Waals surface area contributed by atoms with Gasteiger partial charge in [0.2, 0.25) is 0 Å². The zero-order chi connectivity index (χ0) is 42.3. The summed E-state index contributed by atoms with van der Waals surface area (Å²) in [5.41, 5.74) is 11.1. The van der Waals surface area contributed by atoms with Crippen molar-refractivity contribution in [3.05, 3.63) is 107 Å². The van der Waals surface area contributed by atoms with Crippen molar-refractivity contribution in [3.8, 4) is 45.6 Å². The number of H-pyrrole nitrogens is 2. The molecule has 300 valence electrons. The van der Waals surface area contributed by atoms with Crippen molar-refractivity contribution < 1.29 is 0 Å².